The Morgan fingerprint density at radius 3 is 2.63 bits per heavy atom. The van der Waals surface area contributed by atoms with Crippen LogP contribution in [-0.4, -0.2) is 33.3 Å². The molecule has 0 radical (unpaired) electrons. The third kappa shape index (κ3) is 4.01. The van der Waals surface area contributed by atoms with Crippen LogP contribution in [0.25, 0.3) is 6.08 Å². The molecule has 0 amide bonds. The molecule has 4 rings (SSSR count). The number of aromatic nitrogens is 3. The minimum atomic E-state index is -0.914. The van der Waals surface area contributed by atoms with E-state index in [0.717, 1.165) is 24.1 Å². The van der Waals surface area contributed by atoms with Gasteiger partial charge in [0.15, 0.2) is 5.82 Å². The van der Waals surface area contributed by atoms with Crippen molar-refractivity contribution in [2.75, 3.05) is 7.05 Å². The summed E-state index contributed by atoms with van der Waals surface area (Å²) in [6.07, 6.45) is 7.00. The Kier molecular flexibility index (Phi) is 5.68. The molecule has 1 aromatic carbocycles. The van der Waals surface area contributed by atoms with Gasteiger partial charge in [0.05, 0.1) is 11.4 Å². The maximum atomic E-state index is 13.5. The summed E-state index contributed by atoms with van der Waals surface area (Å²) in [5.41, 5.74) is 0.968. The molecule has 8 heteroatoms. The van der Waals surface area contributed by atoms with Crippen molar-refractivity contribution in [1.29, 1.82) is 0 Å². The van der Waals surface area contributed by atoms with Crippen molar-refractivity contribution in [3.63, 3.8) is 0 Å². The molecule has 2 atom stereocenters. The second-order valence-electron chi connectivity index (χ2n) is 8.54. The second kappa shape index (κ2) is 8.12. The first-order valence-electron chi connectivity index (χ1n) is 10.2. The molecule has 2 aliphatic rings. The Hall–Kier alpha value is -2.25. The molecule has 6 nitrogen and oxygen atoms in total. The number of aliphatic hydroxyl groups is 1. The lowest BCUT2D eigenvalue weighted by molar-refractivity contribution is 0.0213. The summed E-state index contributed by atoms with van der Waals surface area (Å²) in [6.45, 7) is 1.85. The fourth-order valence-corrected chi connectivity index (χ4v) is 5.40. The van der Waals surface area contributed by atoms with Crippen LogP contribution in [0.1, 0.15) is 42.9 Å². The Bertz CT molecular complexity index is 987. The van der Waals surface area contributed by atoms with E-state index < -0.39 is 11.4 Å². The van der Waals surface area contributed by atoms with Crippen LogP contribution in [0.15, 0.2) is 28.9 Å². The average Bonchev–Trinajstić information content (AvgIpc) is 3.32. The molecule has 2 N–H and O–H groups in total. The van der Waals surface area contributed by atoms with Crippen molar-refractivity contribution in [2.24, 2.45) is 29.8 Å². The normalized spacial score (nSPS) is 29.0. The number of aryl methyl sites for hydroxylation is 2. The van der Waals surface area contributed by atoms with Crippen LogP contribution in [0, 0.1) is 30.5 Å². The van der Waals surface area contributed by atoms with Crippen LogP contribution in [0.5, 0.6) is 0 Å². The van der Waals surface area contributed by atoms with Crippen molar-refractivity contribution in [2.45, 2.75) is 38.2 Å². The van der Waals surface area contributed by atoms with E-state index in [1.165, 1.54) is 6.07 Å². The summed E-state index contributed by atoms with van der Waals surface area (Å²) in [4.78, 5) is 8.52. The van der Waals surface area contributed by atoms with Crippen molar-refractivity contribution in [1.82, 2.24) is 20.1 Å². The molecule has 2 aliphatic carbocycles. The maximum Gasteiger partial charge on any atom is 0.158 e. The smallest absolute Gasteiger partial charge is 0.158 e. The lowest BCUT2D eigenvalue weighted by Gasteiger charge is -2.24. The van der Waals surface area contributed by atoms with Crippen LogP contribution in [0.4, 0.5) is 4.39 Å². The van der Waals surface area contributed by atoms with Gasteiger partial charge in [-0.25, -0.2) is 9.37 Å². The third-order valence-corrected chi connectivity index (χ3v) is 6.68. The van der Waals surface area contributed by atoms with Gasteiger partial charge in [0, 0.05) is 19.8 Å². The van der Waals surface area contributed by atoms with Gasteiger partial charge in [-0.3, -0.25) is 9.67 Å². The van der Waals surface area contributed by atoms with Crippen molar-refractivity contribution in [3.05, 3.63) is 51.9 Å². The van der Waals surface area contributed by atoms with E-state index in [9.17, 15) is 9.50 Å². The molecule has 2 aromatic rings. The molecule has 1 heterocycles. The molecule has 0 spiro atoms. The molecule has 30 heavy (non-hydrogen) atoms. The van der Waals surface area contributed by atoms with Gasteiger partial charge in [-0.2, -0.15) is 5.10 Å². The van der Waals surface area contributed by atoms with E-state index in [2.05, 4.69) is 20.4 Å². The maximum absolute atomic E-state index is 13.5. The monoisotopic (exact) mass is 431 g/mol. The number of rotatable bonds is 5. The molecule has 1 aromatic heterocycles. The predicted octanol–water partition coefficient (Wildman–Crippen LogP) is 3.83. The van der Waals surface area contributed by atoms with Gasteiger partial charge in [0.1, 0.15) is 17.2 Å². The number of benzene rings is 1. The number of hydrogen-bond donors (Lipinski definition) is 2. The van der Waals surface area contributed by atoms with Crippen LogP contribution < -0.4 is 5.32 Å². The van der Waals surface area contributed by atoms with E-state index in [1.807, 2.05) is 20.0 Å². The number of allylic oxidation sites excluding steroid dienone is 1. The van der Waals surface area contributed by atoms with E-state index in [0.29, 0.717) is 42.2 Å². The first kappa shape index (κ1) is 21.0. The zero-order valence-electron chi connectivity index (χ0n) is 17.4. The Morgan fingerprint density at radius 2 is 2.07 bits per heavy atom. The number of nitrogens with zero attached hydrogens (tertiary/aromatic N) is 4. The lowest BCUT2D eigenvalue weighted by atomic mass is 9.91. The SMILES string of the molecule is CN=CN/C(=C/c1ccc(F)c(Cl)c1)C1CC2CC(O)(c3nc(C)nn3C)CC2C1. The molecule has 2 saturated carbocycles. The third-order valence-electron chi connectivity index (χ3n) is 6.39. The van der Waals surface area contributed by atoms with Crippen LogP contribution in [-0.2, 0) is 12.6 Å². The van der Waals surface area contributed by atoms with Crippen LogP contribution in [0.2, 0.25) is 5.02 Å². The minimum absolute atomic E-state index is 0.111. The number of fused-ring (bicyclic) bond motifs is 1. The van der Waals surface area contributed by atoms with E-state index in [1.54, 1.807) is 30.2 Å². The molecule has 0 bridgehead atoms. The fraction of sp³-hybridized carbons (Fsp3) is 0.500. The molecular formula is C22H27ClFN5O. The summed E-state index contributed by atoms with van der Waals surface area (Å²) in [7, 11) is 3.55. The van der Waals surface area contributed by atoms with Gasteiger partial charge < -0.3 is 10.4 Å². The first-order valence-corrected chi connectivity index (χ1v) is 10.6. The largest absolute Gasteiger partial charge is 0.382 e. The van der Waals surface area contributed by atoms with Crippen molar-refractivity contribution >= 4 is 24.0 Å². The van der Waals surface area contributed by atoms with E-state index in [-0.39, 0.29) is 5.02 Å². The highest BCUT2D eigenvalue weighted by atomic mass is 35.5. The van der Waals surface area contributed by atoms with Gasteiger partial charge in [-0.15, -0.1) is 0 Å². The van der Waals surface area contributed by atoms with Crippen molar-refractivity contribution in [3.8, 4) is 0 Å². The molecule has 0 aliphatic heterocycles. The van der Waals surface area contributed by atoms with E-state index in [4.69, 9.17) is 11.6 Å². The summed E-state index contributed by atoms with van der Waals surface area (Å²) < 4.78 is 15.2. The van der Waals surface area contributed by atoms with E-state index >= 15 is 0 Å². The summed E-state index contributed by atoms with van der Waals surface area (Å²) in [5.74, 6) is 2.07. The minimum Gasteiger partial charge on any atom is -0.382 e. The first-order chi connectivity index (χ1) is 14.3. The highest BCUT2D eigenvalue weighted by Crippen LogP contribution is 2.55. The van der Waals surface area contributed by atoms with Gasteiger partial charge in [-0.05, 0) is 74.1 Å². The molecule has 0 saturated heterocycles. The number of aliphatic imine (C=N–C) groups is 1. The molecular weight excluding hydrogens is 405 g/mol. The van der Waals surface area contributed by atoms with Crippen LogP contribution in [0.3, 0.4) is 0 Å². The molecule has 160 valence electrons. The average molecular weight is 432 g/mol. The van der Waals surface area contributed by atoms with Crippen LogP contribution >= 0.6 is 11.6 Å². The number of hydrogen-bond acceptors (Lipinski definition) is 4. The predicted molar refractivity (Wildman–Crippen MR) is 116 cm³/mol. The second-order valence-corrected chi connectivity index (χ2v) is 8.95. The quantitative estimate of drug-likeness (QED) is 0.557. The van der Waals surface area contributed by atoms with Gasteiger partial charge in [-0.1, -0.05) is 17.7 Å². The Labute approximate surface area is 180 Å². The lowest BCUT2D eigenvalue weighted by Crippen LogP contribution is -2.28. The van der Waals surface area contributed by atoms with Gasteiger partial charge >= 0.3 is 0 Å². The highest BCUT2D eigenvalue weighted by Gasteiger charge is 2.51. The molecule has 2 unspecified atom stereocenters. The zero-order chi connectivity index (χ0) is 21.5. The Morgan fingerprint density at radius 1 is 1.37 bits per heavy atom. The number of halogens is 2. The molecule has 2 fully saturated rings. The Balaban J connectivity index is 1.53. The zero-order valence-corrected chi connectivity index (χ0v) is 18.2. The fourth-order valence-electron chi connectivity index (χ4n) is 5.22. The van der Waals surface area contributed by atoms with Gasteiger partial charge in [0.2, 0.25) is 0 Å². The summed E-state index contributed by atoms with van der Waals surface area (Å²) in [5, 5.41) is 19.0. The summed E-state index contributed by atoms with van der Waals surface area (Å²) in [6, 6.07) is 4.73. The summed E-state index contributed by atoms with van der Waals surface area (Å²) >= 11 is 5.95. The van der Waals surface area contributed by atoms with Crippen molar-refractivity contribution < 1.29 is 9.50 Å². The topological polar surface area (TPSA) is 75.3 Å². The standard InChI is InChI=1S/C22H27ClFN5O/c1-13-27-21(29(3)28-13)22(30)10-16-8-15(9-17(16)11-22)20(26-12-25-2)7-14-4-5-19(24)18(23)6-14/h4-7,12,15-17,30H,8-11H2,1-3H3,(H,25,26)/b20-7+. The highest BCUT2D eigenvalue weighted by molar-refractivity contribution is 6.30. The number of nitrogens with one attached hydrogen (secondary N) is 1. The van der Waals surface area contributed by atoms with Gasteiger partial charge in [0.25, 0.3) is 0 Å².